The fraction of sp³-hybridized carbons (Fsp3) is 0.125. The van der Waals surface area contributed by atoms with Crippen LogP contribution < -0.4 is 16.5 Å². The van der Waals surface area contributed by atoms with Gasteiger partial charge in [0.15, 0.2) is 5.69 Å². The Labute approximate surface area is 132 Å². The van der Waals surface area contributed by atoms with Crippen molar-refractivity contribution in [2.45, 2.75) is 6.92 Å². The molecule has 1 aromatic carbocycles. The van der Waals surface area contributed by atoms with E-state index in [1.807, 2.05) is 0 Å². The van der Waals surface area contributed by atoms with Gasteiger partial charge in [-0.25, -0.2) is 4.68 Å². The van der Waals surface area contributed by atoms with E-state index in [0.29, 0.717) is 16.8 Å². The summed E-state index contributed by atoms with van der Waals surface area (Å²) in [4.78, 5) is 35.2. The van der Waals surface area contributed by atoms with E-state index in [2.05, 4.69) is 10.4 Å². The van der Waals surface area contributed by atoms with Crippen molar-refractivity contribution < 1.29 is 9.59 Å². The number of aromatic nitrogens is 2. The van der Waals surface area contributed by atoms with Crippen LogP contribution in [0.3, 0.4) is 0 Å². The Kier molecular flexibility index (Phi) is 4.70. The van der Waals surface area contributed by atoms with E-state index in [1.165, 1.54) is 23.1 Å². The van der Waals surface area contributed by atoms with Gasteiger partial charge in [0.25, 0.3) is 0 Å². The Bertz CT molecular complexity index is 835. The monoisotopic (exact) mass is 312 g/mol. The normalized spacial score (nSPS) is 11.1. The third kappa shape index (κ3) is 3.52. The van der Waals surface area contributed by atoms with Crippen molar-refractivity contribution in [2.75, 3.05) is 7.05 Å². The summed E-state index contributed by atoms with van der Waals surface area (Å²) in [6.07, 6.45) is 2.96. The smallest absolute Gasteiger partial charge is 0.248 e. The first-order valence-electron chi connectivity index (χ1n) is 6.83. The number of nitrogens with one attached hydrogen (secondary N) is 1. The van der Waals surface area contributed by atoms with E-state index in [1.54, 1.807) is 38.2 Å². The molecule has 0 fully saturated rings. The molecule has 0 aliphatic rings. The molecule has 2 rings (SSSR count). The maximum absolute atomic E-state index is 12.2. The second-order valence-corrected chi connectivity index (χ2v) is 4.83. The lowest BCUT2D eigenvalue weighted by Crippen LogP contribution is -2.22. The highest BCUT2D eigenvalue weighted by Crippen LogP contribution is 2.09. The molecule has 23 heavy (non-hydrogen) atoms. The zero-order valence-corrected chi connectivity index (χ0v) is 12.7. The first-order chi connectivity index (χ1) is 10.9. The van der Waals surface area contributed by atoms with Gasteiger partial charge in [-0.05, 0) is 31.2 Å². The van der Waals surface area contributed by atoms with E-state index in [4.69, 9.17) is 5.73 Å². The van der Waals surface area contributed by atoms with Crippen molar-refractivity contribution in [3.05, 3.63) is 69.8 Å². The number of rotatable bonds is 5. The molecule has 2 aromatic rings. The Morgan fingerprint density at radius 2 is 1.87 bits per heavy atom. The van der Waals surface area contributed by atoms with Gasteiger partial charge in [-0.2, -0.15) is 5.10 Å². The zero-order valence-electron chi connectivity index (χ0n) is 12.7. The van der Waals surface area contributed by atoms with E-state index >= 15 is 0 Å². The lowest BCUT2D eigenvalue weighted by atomic mass is 10.1. The van der Waals surface area contributed by atoms with Crippen molar-refractivity contribution in [3.8, 4) is 5.69 Å². The SMILES string of the molecule is CN/C=C(\C)C(=O)c1nn(-c2ccc(C(N)=O)cc2)ccc1=O. The van der Waals surface area contributed by atoms with Crippen molar-refractivity contribution in [1.82, 2.24) is 15.1 Å². The van der Waals surface area contributed by atoms with Gasteiger partial charge in [0.1, 0.15) is 0 Å². The number of Topliss-reactive ketones (excluding diaryl/α,β-unsaturated/α-hetero) is 1. The van der Waals surface area contributed by atoms with Crippen LogP contribution in [0.2, 0.25) is 0 Å². The Balaban J connectivity index is 2.44. The number of allylic oxidation sites excluding steroid dienone is 1. The van der Waals surface area contributed by atoms with Crippen LogP contribution in [-0.2, 0) is 0 Å². The highest BCUT2D eigenvalue weighted by atomic mass is 16.1. The second kappa shape index (κ2) is 6.69. The van der Waals surface area contributed by atoms with Crippen LogP contribution in [0.5, 0.6) is 0 Å². The first-order valence-corrected chi connectivity index (χ1v) is 6.83. The molecule has 118 valence electrons. The summed E-state index contributed by atoms with van der Waals surface area (Å²) >= 11 is 0. The highest BCUT2D eigenvalue weighted by molar-refractivity contribution is 6.06. The molecular weight excluding hydrogens is 296 g/mol. The minimum Gasteiger partial charge on any atom is -0.394 e. The van der Waals surface area contributed by atoms with Gasteiger partial charge in [0.2, 0.25) is 17.1 Å². The van der Waals surface area contributed by atoms with Crippen LogP contribution in [0.15, 0.2) is 53.1 Å². The van der Waals surface area contributed by atoms with E-state index < -0.39 is 17.1 Å². The molecule has 0 radical (unpaired) electrons. The number of carbonyl (C=O) groups excluding carboxylic acids is 2. The maximum atomic E-state index is 12.2. The predicted octanol–water partition coefficient (Wildman–Crippen LogP) is 0.637. The van der Waals surface area contributed by atoms with Crippen LogP contribution in [0.25, 0.3) is 5.69 Å². The van der Waals surface area contributed by atoms with Gasteiger partial charge < -0.3 is 11.1 Å². The molecule has 0 unspecified atom stereocenters. The topological polar surface area (TPSA) is 107 Å². The molecule has 0 bridgehead atoms. The fourth-order valence-corrected chi connectivity index (χ4v) is 1.96. The number of amides is 1. The van der Waals surface area contributed by atoms with Gasteiger partial charge >= 0.3 is 0 Å². The fourth-order valence-electron chi connectivity index (χ4n) is 1.96. The second-order valence-electron chi connectivity index (χ2n) is 4.83. The van der Waals surface area contributed by atoms with Crippen molar-refractivity contribution in [2.24, 2.45) is 5.73 Å². The van der Waals surface area contributed by atoms with Gasteiger partial charge in [0.05, 0.1) is 5.69 Å². The minimum atomic E-state index is -0.534. The molecule has 0 spiro atoms. The average Bonchev–Trinajstić information content (AvgIpc) is 2.55. The number of hydrogen-bond acceptors (Lipinski definition) is 5. The van der Waals surface area contributed by atoms with Gasteiger partial charge in [0, 0.05) is 36.6 Å². The molecule has 3 N–H and O–H groups in total. The lowest BCUT2D eigenvalue weighted by molar-refractivity contribution is 0.0998. The molecular formula is C16H16N4O3. The molecule has 0 atom stereocenters. The van der Waals surface area contributed by atoms with Gasteiger partial charge in [-0.15, -0.1) is 0 Å². The van der Waals surface area contributed by atoms with Crippen LogP contribution >= 0.6 is 0 Å². The summed E-state index contributed by atoms with van der Waals surface area (Å²) in [5.74, 6) is -0.986. The number of hydrogen-bond donors (Lipinski definition) is 2. The van der Waals surface area contributed by atoms with Gasteiger partial charge in [-0.3, -0.25) is 14.4 Å². The van der Waals surface area contributed by atoms with E-state index in [-0.39, 0.29) is 5.69 Å². The molecule has 0 saturated carbocycles. The largest absolute Gasteiger partial charge is 0.394 e. The molecule has 1 amide bonds. The Morgan fingerprint density at radius 3 is 2.43 bits per heavy atom. The molecule has 0 aliphatic carbocycles. The van der Waals surface area contributed by atoms with Gasteiger partial charge in [-0.1, -0.05) is 0 Å². The summed E-state index contributed by atoms with van der Waals surface area (Å²) in [6.45, 7) is 1.60. The number of benzene rings is 1. The molecule has 0 saturated heterocycles. The lowest BCUT2D eigenvalue weighted by Gasteiger charge is -2.07. The van der Waals surface area contributed by atoms with Crippen LogP contribution in [0.4, 0.5) is 0 Å². The highest BCUT2D eigenvalue weighted by Gasteiger charge is 2.15. The quantitative estimate of drug-likeness (QED) is 0.622. The molecule has 1 aromatic heterocycles. The Morgan fingerprint density at radius 1 is 1.22 bits per heavy atom. The van der Waals surface area contributed by atoms with Crippen molar-refractivity contribution in [1.29, 1.82) is 0 Å². The van der Waals surface area contributed by atoms with Crippen molar-refractivity contribution >= 4 is 11.7 Å². The van der Waals surface area contributed by atoms with Crippen LogP contribution in [-0.4, -0.2) is 28.5 Å². The van der Waals surface area contributed by atoms with Crippen LogP contribution in [0, 0.1) is 0 Å². The minimum absolute atomic E-state index is 0.171. The number of primary amides is 1. The third-order valence-corrected chi connectivity index (χ3v) is 3.16. The third-order valence-electron chi connectivity index (χ3n) is 3.16. The zero-order chi connectivity index (χ0) is 17.0. The summed E-state index contributed by atoms with van der Waals surface area (Å²) in [5.41, 5.74) is 5.89. The number of nitrogens with two attached hydrogens (primary N) is 1. The summed E-state index contributed by atoms with van der Waals surface area (Å²) in [7, 11) is 1.66. The molecule has 0 aliphatic heterocycles. The number of nitrogens with zero attached hydrogens (tertiary/aromatic N) is 2. The standard InChI is InChI=1S/C16H16N4O3/c1-10(9-18-2)15(22)14-13(21)7-8-20(19-14)12-5-3-11(4-6-12)16(17)23/h3-9,18H,1-2H3,(H2,17,23)/b10-9+. The van der Waals surface area contributed by atoms with Crippen LogP contribution in [0.1, 0.15) is 27.8 Å². The summed E-state index contributed by atoms with van der Waals surface area (Å²) < 4.78 is 1.39. The first kappa shape index (κ1) is 16.2. The number of carbonyl (C=O) groups is 2. The summed E-state index contributed by atoms with van der Waals surface area (Å²) in [6, 6.07) is 7.62. The van der Waals surface area contributed by atoms with Crippen molar-refractivity contribution in [3.63, 3.8) is 0 Å². The predicted molar refractivity (Wildman–Crippen MR) is 85.5 cm³/mol. The Hall–Kier alpha value is -3.22. The summed E-state index contributed by atoms with van der Waals surface area (Å²) in [5, 5.41) is 6.83. The molecule has 1 heterocycles. The molecule has 7 heteroatoms. The van der Waals surface area contributed by atoms with E-state index in [0.717, 1.165) is 0 Å². The molecule has 7 nitrogen and oxygen atoms in total. The number of ketones is 1. The maximum Gasteiger partial charge on any atom is 0.248 e. The van der Waals surface area contributed by atoms with E-state index in [9.17, 15) is 14.4 Å². The average molecular weight is 312 g/mol.